The molecular formula is C18H18N4OS. The number of nitrogens with one attached hydrogen (secondary N) is 1. The molecule has 24 heavy (non-hydrogen) atoms. The smallest absolute Gasteiger partial charge is 0.256 e. The first-order valence-corrected chi connectivity index (χ1v) is 9.30. The number of hydrogen-bond donors (Lipinski definition) is 1. The topological polar surface area (TPSA) is 61.9 Å². The highest BCUT2D eigenvalue weighted by Crippen LogP contribution is 2.38. The van der Waals surface area contributed by atoms with E-state index in [0.29, 0.717) is 6.04 Å². The van der Waals surface area contributed by atoms with Crippen molar-refractivity contribution >= 4 is 27.4 Å². The highest BCUT2D eigenvalue weighted by Gasteiger charge is 2.29. The number of aryl methyl sites for hydroxylation is 1. The lowest BCUT2D eigenvalue weighted by Crippen LogP contribution is -2.46. The highest BCUT2D eigenvalue weighted by atomic mass is 32.1. The van der Waals surface area contributed by atoms with Crippen LogP contribution in [0.2, 0.25) is 0 Å². The molecule has 2 aliphatic rings. The van der Waals surface area contributed by atoms with Crippen molar-refractivity contribution in [1.29, 1.82) is 0 Å². The number of anilines is 1. The van der Waals surface area contributed by atoms with Gasteiger partial charge in [0.1, 0.15) is 0 Å². The van der Waals surface area contributed by atoms with Gasteiger partial charge in [-0.2, -0.15) is 0 Å². The molecule has 1 N–H and O–H groups in total. The molecule has 1 atom stereocenters. The fourth-order valence-electron chi connectivity index (χ4n) is 3.66. The van der Waals surface area contributed by atoms with Crippen molar-refractivity contribution in [1.82, 2.24) is 15.0 Å². The fraction of sp³-hybridized carbons (Fsp3) is 0.389. The van der Waals surface area contributed by atoms with E-state index in [1.807, 2.05) is 12.1 Å². The second-order valence-electron chi connectivity index (χ2n) is 6.68. The maximum atomic E-state index is 12.0. The van der Waals surface area contributed by atoms with Crippen LogP contribution in [0.5, 0.6) is 0 Å². The summed E-state index contributed by atoms with van der Waals surface area (Å²) in [5, 5.41) is 0.752. The molecule has 3 aromatic heterocycles. The van der Waals surface area contributed by atoms with Gasteiger partial charge in [0.15, 0.2) is 0 Å². The Morgan fingerprint density at radius 1 is 1.33 bits per heavy atom. The molecule has 0 amide bonds. The molecule has 122 valence electrons. The summed E-state index contributed by atoms with van der Waals surface area (Å²) in [6, 6.07) is 4.47. The van der Waals surface area contributed by atoms with Gasteiger partial charge in [0.25, 0.3) is 5.56 Å². The number of rotatable bonds is 2. The van der Waals surface area contributed by atoms with Gasteiger partial charge >= 0.3 is 0 Å². The Morgan fingerprint density at radius 2 is 2.25 bits per heavy atom. The van der Waals surface area contributed by atoms with Crippen molar-refractivity contribution < 1.29 is 0 Å². The number of aromatic amines is 1. The largest absolute Gasteiger partial charge is 0.338 e. The minimum absolute atomic E-state index is 0.0303. The van der Waals surface area contributed by atoms with Crippen molar-refractivity contribution in [3.05, 3.63) is 39.9 Å². The molecule has 5 rings (SSSR count). The summed E-state index contributed by atoms with van der Waals surface area (Å²) in [6.07, 6.45) is 6.12. The van der Waals surface area contributed by atoms with E-state index in [-0.39, 0.29) is 5.56 Å². The molecule has 0 radical (unpaired) electrons. The highest BCUT2D eigenvalue weighted by molar-refractivity contribution is 7.22. The first kappa shape index (κ1) is 14.2. The Kier molecular flexibility index (Phi) is 3.03. The third kappa shape index (κ3) is 2.02. The number of fused-ring (bicyclic) bond motifs is 2. The quantitative estimate of drug-likeness (QED) is 0.780. The van der Waals surface area contributed by atoms with E-state index in [9.17, 15) is 4.79 Å². The minimum atomic E-state index is -0.0303. The summed E-state index contributed by atoms with van der Waals surface area (Å²) in [5.74, 6) is 0.857. The van der Waals surface area contributed by atoms with Gasteiger partial charge in [-0.1, -0.05) is 0 Å². The molecule has 5 nitrogen and oxygen atoms in total. The van der Waals surface area contributed by atoms with E-state index in [1.54, 1.807) is 17.5 Å². The molecule has 0 bridgehead atoms. The van der Waals surface area contributed by atoms with E-state index in [1.165, 1.54) is 17.7 Å². The van der Waals surface area contributed by atoms with Crippen molar-refractivity contribution in [2.75, 3.05) is 11.4 Å². The summed E-state index contributed by atoms with van der Waals surface area (Å²) in [5.41, 5.74) is 3.47. The second kappa shape index (κ2) is 5.14. The molecule has 1 saturated heterocycles. The van der Waals surface area contributed by atoms with Gasteiger partial charge in [0, 0.05) is 34.7 Å². The van der Waals surface area contributed by atoms with Crippen LogP contribution in [-0.2, 0) is 12.8 Å². The van der Waals surface area contributed by atoms with Crippen LogP contribution in [0, 0.1) is 0 Å². The first-order chi connectivity index (χ1) is 11.7. The molecule has 3 aromatic rings. The summed E-state index contributed by atoms with van der Waals surface area (Å²) in [6.45, 7) is 3.25. The summed E-state index contributed by atoms with van der Waals surface area (Å²) in [4.78, 5) is 27.9. The zero-order valence-corrected chi connectivity index (χ0v) is 14.3. The minimum Gasteiger partial charge on any atom is -0.338 e. The third-order valence-corrected chi connectivity index (χ3v) is 6.29. The van der Waals surface area contributed by atoms with E-state index >= 15 is 0 Å². The summed E-state index contributed by atoms with van der Waals surface area (Å²) < 4.78 is 1.01. The average molecular weight is 338 g/mol. The Bertz CT molecular complexity index is 1010. The molecule has 1 aliphatic heterocycles. The van der Waals surface area contributed by atoms with E-state index in [2.05, 4.69) is 16.8 Å². The maximum absolute atomic E-state index is 12.0. The number of aromatic nitrogens is 3. The zero-order valence-electron chi connectivity index (χ0n) is 13.5. The summed E-state index contributed by atoms with van der Waals surface area (Å²) in [7, 11) is 0. The molecule has 1 aliphatic carbocycles. The zero-order chi connectivity index (χ0) is 16.3. The molecule has 1 fully saturated rings. The first-order valence-electron chi connectivity index (χ1n) is 8.49. The van der Waals surface area contributed by atoms with E-state index in [0.717, 1.165) is 52.4 Å². The van der Waals surface area contributed by atoms with Gasteiger partial charge < -0.3 is 9.88 Å². The number of pyridine rings is 1. The van der Waals surface area contributed by atoms with Gasteiger partial charge in [-0.15, -0.1) is 11.3 Å². The second-order valence-corrected chi connectivity index (χ2v) is 7.76. The number of H-pyrrole nitrogens is 1. The molecule has 0 unspecified atom stereocenters. The lowest BCUT2D eigenvalue weighted by atomic mass is 10.1. The lowest BCUT2D eigenvalue weighted by Gasteiger charge is -2.39. The number of nitrogens with zero attached hydrogens (tertiary/aromatic N) is 3. The Morgan fingerprint density at radius 3 is 3.00 bits per heavy atom. The monoisotopic (exact) mass is 338 g/mol. The van der Waals surface area contributed by atoms with Gasteiger partial charge in [-0.05, 0) is 44.7 Å². The molecule has 6 heteroatoms. The van der Waals surface area contributed by atoms with Gasteiger partial charge in [-0.25, -0.2) is 9.97 Å². The van der Waals surface area contributed by atoms with Crippen LogP contribution >= 0.6 is 11.3 Å². The molecule has 4 heterocycles. The molecule has 0 aromatic carbocycles. The van der Waals surface area contributed by atoms with Crippen LogP contribution in [0.1, 0.15) is 31.0 Å². The third-order valence-electron chi connectivity index (χ3n) is 5.19. The van der Waals surface area contributed by atoms with Crippen LogP contribution in [0.15, 0.2) is 23.1 Å². The number of hydrogen-bond acceptors (Lipinski definition) is 5. The van der Waals surface area contributed by atoms with Crippen LogP contribution < -0.4 is 10.5 Å². The fourth-order valence-corrected chi connectivity index (χ4v) is 4.74. The molecule has 0 spiro atoms. The average Bonchev–Trinajstić information content (AvgIpc) is 3.19. The predicted octanol–water partition coefficient (Wildman–Crippen LogP) is 3.13. The SMILES string of the molecule is C[C@H]1CCN1c1nc2c(c(-c3cc4c(=O)[nH]ccc4s3)n1)CCC2. The van der Waals surface area contributed by atoms with Crippen molar-refractivity contribution in [2.24, 2.45) is 0 Å². The van der Waals surface area contributed by atoms with Crippen molar-refractivity contribution in [3.63, 3.8) is 0 Å². The van der Waals surface area contributed by atoms with Gasteiger partial charge in [0.05, 0.1) is 16.0 Å². The molecular weight excluding hydrogens is 320 g/mol. The Hall–Kier alpha value is -2.21. The van der Waals surface area contributed by atoms with Crippen molar-refractivity contribution in [3.8, 4) is 10.6 Å². The van der Waals surface area contributed by atoms with Gasteiger partial charge in [-0.3, -0.25) is 4.79 Å². The molecule has 0 saturated carbocycles. The van der Waals surface area contributed by atoms with Gasteiger partial charge in [0.2, 0.25) is 5.95 Å². The normalized spacial score (nSPS) is 19.5. The van der Waals surface area contributed by atoms with Crippen LogP contribution in [0.3, 0.4) is 0 Å². The van der Waals surface area contributed by atoms with E-state index in [4.69, 9.17) is 9.97 Å². The maximum Gasteiger partial charge on any atom is 0.256 e. The Labute approximate surface area is 143 Å². The van der Waals surface area contributed by atoms with Crippen LogP contribution in [0.4, 0.5) is 5.95 Å². The number of thiophene rings is 1. The van der Waals surface area contributed by atoms with E-state index < -0.39 is 0 Å². The van der Waals surface area contributed by atoms with Crippen LogP contribution in [0.25, 0.3) is 20.7 Å². The lowest BCUT2D eigenvalue weighted by molar-refractivity contribution is 0.470. The van der Waals surface area contributed by atoms with Crippen LogP contribution in [-0.4, -0.2) is 27.5 Å². The predicted molar refractivity (Wildman–Crippen MR) is 96.9 cm³/mol. The Balaban J connectivity index is 1.71. The standard InChI is InChI=1S/C18H18N4OS/c1-10-6-8-22(10)18-20-13-4-2-3-11(13)16(21-18)15-9-12-14(24-15)5-7-19-17(12)23/h5,7,9-10H,2-4,6,8H2,1H3,(H,19,23)/t10-/m0/s1. The van der Waals surface area contributed by atoms with Crippen molar-refractivity contribution in [2.45, 2.75) is 38.6 Å². The summed E-state index contributed by atoms with van der Waals surface area (Å²) >= 11 is 1.65.